The standard InChI is InChI=1S/C24H21ClN6O3/c1-13-9-20(34-31-13)22-17-12-26-30-23(32)16-10-15(11-19(28-22)21(16)17)27-24(33)18(29-25)8-7-14-5-3-2-4-6-14/h2-6,9-12,18,28-29H,7-8H2,1H3,(H,27,33)(H,30,32)/t18-/m1/s1. The van der Waals surface area contributed by atoms with Gasteiger partial charge in [-0.25, -0.2) is 10.3 Å². The highest BCUT2D eigenvalue weighted by Gasteiger charge is 2.25. The Labute approximate surface area is 199 Å². The predicted octanol–water partition coefficient (Wildman–Crippen LogP) is 3.89. The maximum Gasteiger partial charge on any atom is 0.272 e. The summed E-state index contributed by atoms with van der Waals surface area (Å²) in [4.78, 5) is 31.5. The van der Waals surface area contributed by atoms with E-state index < -0.39 is 6.04 Å². The third-order valence-corrected chi connectivity index (χ3v) is 5.96. The van der Waals surface area contributed by atoms with Gasteiger partial charge in [-0.1, -0.05) is 35.5 Å². The van der Waals surface area contributed by atoms with Crippen LogP contribution in [0, 0.1) is 6.92 Å². The number of hydrazone groups is 1. The van der Waals surface area contributed by atoms with E-state index in [2.05, 4.69) is 30.8 Å². The monoisotopic (exact) mass is 476 g/mol. The number of H-pyrrole nitrogens is 1. The Kier molecular flexibility index (Phi) is 5.87. The van der Waals surface area contributed by atoms with Gasteiger partial charge in [-0.3, -0.25) is 9.59 Å². The number of benzene rings is 2. The zero-order valence-corrected chi connectivity index (χ0v) is 18.9. The number of anilines is 1. The van der Waals surface area contributed by atoms with Crippen LogP contribution in [-0.4, -0.2) is 34.2 Å². The summed E-state index contributed by atoms with van der Waals surface area (Å²) in [6, 6.07) is 14.4. The van der Waals surface area contributed by atoms with Crippen LogP contribution in [0.4, 0.5) is 5.69 Å². The van der Waals surface area contributed by atoms with Crippen LogP contribution < -0.4 is 15.6 Å². The molecule has 1 aliphatic heterocycles. The molecular formula is C24H21ClN6O3. The highest BCUT2D eigenvalue weighted by Crippen LogP contribution is 2.34. The summed E-state index contributed by atoms with van der Waals surface area (Å²) in [5.74, 6) is -0.166. The topological polar surface area (TPSA) is 124 Å². The normalized spacial score (nSPS) is 13.5. The molecule has 34 heavy (non-hydrogen) atoms. The molecule has 0 radical (unpaired) electrons. The van der Waals surface area contributed by atoms with Gasteiger partial charge in [-0.05, 0) is 49.2 Å². The van der Waals surface area contributed by atoms with Crippen molar-refractivity contribution < 1.29 is 14.1 Å². The molecule has 0 bridgehead atoms. The van der Waals surface area contributed by atoms with Gasteiger partial charge in [-0.2, -0.15) is 5.10 Å². The van der Waals surface area contributed by atoms with E-state index in [1.807, 2.05) is 37.3 Å². The van der Waals surface area contributed by atoms with Gasteiger partial charge < -0.3 is 14.8 Å². The lowest BCUT2D eigenvalue weighted by atomic mass is 10.0. The van der Waals surface area contributed by atoms with Crippen molar-refractivity contribution in [1.82, 2.24) is 20.4 Å². The van der Waals surface area contributed by atoms with Crippen molar-refractivity contribution in [3.05, 3.63) is 70.9 Å². The van der Waals surface area contributed by atoms with E-state index in [-0.39, 0.29) is 11.8 Å². The molecule has 5 rings (SSSR count). The number of halogens is 1. The summed E-state index contributed by atoms with van der Waals surface area (Å²) in [6.07, 6.45) is 2.75. The molecule has 0 fully saturated rings. The summed E-state index contributed by atoms with van der Waals surface area (Å²) in [6.45, 7) is 1.82. The molecule has 4 aromatic rings. The van der Waals surface area contributed by atoms with Crippen molar-refractivity contribution in [2.45, 2.75) is 25.8 Å². The van der Waals surface area contributed by atoms with E-state index in [1.54, 1.807) is 24.4 Å². The van der Waals surface area contributed by atoms with Crippen molar-refractivity contribution >= 4 is 46.4 Å². The summed E-state index contributed by atoms with van der Waals surface area (Å²) < 4.78 is 5.42. The van der Waals surface area contributed by atoms with Crippen LogP contribution in [0.15, 0.2) is 58.2 Å². The number of hydrogen-bond acceptors (Lipinski definition) is 6. The Morgan fingerprint density at radius 2 is 2.03 bits per heavy atom. The van der Waals surface area contributed by atoms with Gasteiger partial charge in [0.2, 0.25) is 5.91 Å². The van der Waals surface area contributed by atoms with Crippen LogP contribution in [0.3, 0.4) is 0 Å². The third-order valence-electron chi connectivity index (χ3n) is 5.70. The first-order valence-electron chi connectivity index (χ1n) is 10.7. The van der Waals surface area contributed by atoms with Crippen molar-refractivity contribution in [2.24, 2.45) is 5.10 Å². The smallest absolute Gasteiger partial charge is 0.272 e. The summed E-state index contributed by atoms with van der Waals surface area (Å²) in [7, 11) is 0. The molecule has 0 aliphatic carbocycles. The Bertz CT molecular complexity index is 1410. The maximum atomic E-state index is 12.9. The number of carbonyl (C=O) groups excluding carboxylic acids is 2. The van der Waals surface area contributed by atoms with Gasteiger partial charge in [0.1, 0.15) is 6.04 Å². The van der Waals surface area contributed by atoms with Gasteiger partial charge >= 0.3 is 0 Å². The molecule has 0 saturated carbocycles. The number of nitrogens with one attached hydrogen (secondary N) is 4. The Balaban J connectivity index is 1.45. The molecule has 1 atom stereocenters. The molecule has 4 N–H and O–H groups in total. The van der Waals surface area contributed by atoms with E-state index in [1.165, 1.54) is 0 Å². The molecule has 1 aliphatic rings. The fourth-order valence-corrected chi connectivity index (χ4v) is 4.26. The van der Waals surface area contributed by atoms with Crippen LogP contribution in [0.2, 0.25) is 0 Å². The lowest BCUT2D eigenvalue weighted by molar-refractivity contribution is -0.117. The average Bonchev–Trinajstić information content (AvgIpc) is 3.38. The largest absolute Gasteiger partial charge is 0.354 e. The Morgan fingerprint density at radius 1 is 1.21 bits per heavy atom. The lowest BCUT2D eigenvalue weighted by Crippen LogP contribution is -2.36. The number of nitrogens with zero attached hydrogens (tertiary/aromatic N) is 2. The number of aryl methyl sites for hydroxylation is 2. The van der Waals surface area contributed by atoms with Gasteiger partial charge in [0, 0.05) is 28.2 Å². The van der Waals surface area contributed by atoms with Crippen molar-refractivity contribution in [1.29, 1.82) is 0 Å². The van der Waals surface area contributed by atoms with Gasteiger partial charge in [-0.15, -0.1) is 0 Å². The molecule has 0 saturated heterocycles. The molecule has 0 spiro atoms. The second-order valence-electron chi connectivity index (χ2n) is 8.07. The summed E-state index contributed by atoms with van der Waals surface area (Å²) in [5.41, 5.74) is 7.15. The summed E-state index contributed by atoms with van der Waals surface area (Å²) >= 11 is 5.88. The van der Waals surface area contributed by atoms with E-state index in [9.17, 15) is 9.59 Å². The fourth-order valence-electron chi connectivity index (χ4n) is 4.05. The van der Waals surface area contributed by atoms with Crippen molar-refractivity contribution in [2.75, 3.05) is 5.32 Å². The van der Waals surface area contributed by atoms with E-state index in [0.717, 1.165) is 11.3 Å². The highest BCUT2D eigenvalue weighted by molar-refractivity contribution is 6.18. The first kappa shape index (κ1) is 21.9. The van der Waals surface area contributed by atoms with E-state index >= 15 is 0 Å². The number of aromatic amines is 1. The highest BCUT2D eigenvalue weighted by atomic mass is 35.5. The number of rotatable bonds is 7. The number of amides is 2. The molecule has 10 heteroatoms. The molecular weight excluding hydrogens is 456 g/mol. The molecule has 0 unspecified atom stereocenters. The van der Waals surface area contributed by atoms with Crippen LogP contribution in [0.5, 0.6) is 0 Å². The molecule has 2 aromatic heterocycles. The average molecular weight is 477 g/mol. The van der Waals surface area contributed by atoms with E-state index in [4.69, 9.17) is 16.3 Å². The molecule has 9 nitrogen and oxygen atoms in total. The maximum absolute atomic E-state index is 12.9. The minimum atomic E-state index is -0.624. The zero-order valence-electron chi connectivity index (χ0n) is 18.2. The first-order chi connectivity index (χ1) is 16.5. The van der Waals surface area contributed by atoms with Crippen molar-refractivity contribution in [3.8, 4) is 11.5 Å². The van der Waals surface area contributed by atoms with Crippen LogP contribution in [0.1, 0.15) is 33.6 Å². The number of carbonyl (C=O) groups is 2. The second-order valence-corrected chi connectivity index (χ2v) is 8.29. The third kappa shape index (κ3) is 4.18. The quantitative estimate of drug-likeness (QED) is 0.301. The van der Waals surface area contributed by atoms with Crippen LogP contribution in [0.25, 0.3) is 22.4 Å². The molecule has 2 amide bonds. The van der Waals surface area contributed by atoms with Gasteiger partial charge in [0.05, 0.1) is 23.2 Å². The lowest BCUT2D eigenvalue weighted by Gasteiger charge is -2.15. The molecule has 172 valence electrons. The van der Waals surface area contributed by atoms with Gasteiger partial charge in [0.25, 0.3) is 5.91 Å². The predicted molar refractivity (Wildman–Crippen MR) is 130 cm³/mol. The number of aromatic nitrogens is 2. The first-order valence-corrected chi connectivity index (χ1v) is 11.1. The Morgan fingerprint density at radius 3 is 2.76 bits per heavy atom. The number of hydrogen-bond donors (Lipinski definition) is 4. The Hall–Kier alpha value is -3.95. The fraction of sp³-hybridized carbons (Fsp3) is 0.167. The molecule has 2 aromatic carbocycles. The van der Waals surface area contributed by atoms with Crippen LogP contribution in [-0.2, 0) is 11.2 Å². The summed E-state index contributed by atoms with van der Waals surface area (Å²) in [5, 5.41) is 11.5. The minimum absolute atomic E-state index is 0.305. The van der Waals surface area contributed by atoms with Crippen molar-refractivity contribution in [3.63, 3.8) is 0 Å². The second kappa shape index (κ2) is 9.12. The minimum Gasteiger partial charge on any atom is -0.354 e. The van der Waals surface area contributed by atoms with E-state index in [0.29, 0.717) is 52.0 Å². The van der Waals surface area contributed by atoms with Gasteiger partial charge in [0.15, 0.2) is 5.76 Å². The molecule has 3 heterocycles. The SMILES string of the molecule is Cc1cc(-c2[nH]c3cc(NC(=O)[C@@H](CCc4ccccc4)NCl)cc4c3c2C=NNC4=O)on1. The zero-order chi connectivity index (χ0) is 23.7. The van der Waals surface area contributed by atoms with Crippen LogP contribution >= 0.6 is 11.8 Å².